The molecule has 0 atom stereocenters. The summed E-state index contributed by atoms with van der Waals surface area (Å²) in [7, 11) is 0. The molecule has 3 heterocycles. The average Bonchev–Trinajstić information content (AvgIpc) is 3.28. The van der Waals surface area contributed by atoms with Crippen molar-refractivity contribution in [3.8, 4) is 11.1 Å². The molecule has 8 heteroatoms. The number of pyridine rings is 1. The first-order valence-corrected chi connectivity index (χ1v) is 7.65. The van der Waals surface area contributed by atoms with Gasteiger partial charge in [0.05, 0.1) is 30.1 Å². The molecule has 25 heavy (non-hydrogen) atoms. The minimum Gasteiger partial charge on any atom is -0.424 e. The summed E-state index contributed by atoms with van der Waals surface area (Å²) >= 11 is 0. The Morgan fingerprint density at radius 2 is 2.04 bits per heavy atom. The quantitative estimate of drug-likeness (QED) is 0.592. The van der Waals surface area contributed by atoms with Crippen molar-refractivity contribution in [1.29, 1.82) is 0 Å². The van der Waals surface area contributed by atoms with E-state index in [0.29, 0.717) is 17.3 Å². The van der Waals surface area contributed by atoms with Crippen LogP contribution in [0.4, 0.5) is 0 Å². The van der Waals surface area contributed by atoms with Crippen LogP contribution >= 0.6 is 0 Å². The van der Waals surface area contributed by atoms with E-state index in [2.05, 4.69) is 30.5 Å². The summed E-state index contributed by atoms with van der Waals surface area (Å²) in [5, 5.41) is 10.3. The number of nitrogens with zero attached hydrogens (tertiary/aromatic N) is 4. The first-order chi connectivity index (χ1) is 12.2. The van der Waals surface area contributed by atoms with Crippen molar-refractivity contribution in [2.24, 2.45) is 0 Å². The van der Waals surface area contributed by atoms with Gasteiger partial charge in [-0.3, -0.25) is 9.78 Å². The van der Waals surface area contributed by atoms with E-state index < -0.39 is 0 Å². The molecule has 0 aliphatic heterocycles. The Bertz CT molecular complexity index is 1030. The zero-order valence-corrected chi connectivity index (χ0v) is 13.4. The third kappa shape index (κ3) is 2.97. The van der Waals surface area contributed by atoms with Gasteiger partial charge in [0.2, 0.25) is 11.8 Å². The number of benzene rings is 1. The number of hydrogen-bond donors (Lipinski definition) is 2. The topological polar surface area (TPSA) is 110 Å². The van der Waals surface area contributed by atoms with Gasteiger partial charge in [-0.05, 0) is 17.7 Å². The molecule has 3 aromatic heterocycles. The normalized spacial score (nSPS) is 10.9. The number of fused-ring (bicyclic) bond motifs is 1. The number of amides is 1. The van der Waals surface area contributed by atoms with Crippen molar-refractivity contribution in [3.05, 3.63) is 60.3 Å². The Labute approximate surface area is 142 Å². The minimum absolute atomic E-state index is 0.192. The number of imidazole rings is 1. The fourth-order valence-corrected chi connectivity index (χ4v) is 2.54. The van der Waals surface area contributed by atoms with Crippen LogP contribution < -0.4 is 5.32 Å². The zero-order chi connectivity index (χ0) is 17.2. The second-order valence-corrected chi connectivity index (χ2v) is 5.46. The van der Waals surface area contributed by atoms with Gasteiger partial charge in [-0.2, -0.15) is 0 Å². The van der Waals surface area contributed by atoms with Crippen LogP contribution in [0.25, 0.3) is 22.2 Å². The van der Waals surface area contributed by atoms with Crippen molar-refractivity contribution < 1.29 is 9.21 Å². The molecule has 0 spiro atoms. The lowest BCUT2D eigenvalue weighted by molar-refractivity contribution is 0.0947. The highest BCUT2D eigenvalue weighted by molar-refractivity contribution is 5.95. The van der Waals surface area contributed by atoms with E-state index in [4.69, 9.17) is 4.42 Å². The Morgan fingerprint density at radius 3 is 2.80 bits per heavy atom. The number of H-pyrrole nitrogens is 1. The molecule has 0 fully saturated rings. The maximum absolute atomic E-state index is 12.2. The maximum Gasteiger partial charge on any atom is 0.251 e. The molecule has 0 saturated carbocycles. The molecule has 0 aliphatic rings. The van der Waals surface area contributed by atoms with Gasteiger partial charge in [-0.1, -0.05) is 12.1 Å². The molecule has 1 amide bonds. The lowest BCUT2D eigenvalue weighted by Gasteiger charge is -2.05. The van der Waals surface area contributed by atoms with Gasteiger partial charge in [-0.25, -0.2) is 4.98 Å². The SMILES string of the molecule is Cc1nnc(CNC(=O)c2ccc(-c3cncc4[nH]cnc34)cc2)o1. The number of aromatic amines is 1. The Morgan fingerprint density at radius 1 is 1.20 bits per heavy atom. The number of carbonyl (C=O) groups is 1. The van der Waals surface area contributed by atoms with Crippen molar-refractivity contribution >= 4 is 16.9 Å². The maximum atomic E-state index is 12.2. The van der Waals surface area contributed by atoms with Crippen molar-refractivity contribution in [2.45, 2.75) is 13.5 Å². The summed E-state index contributed by atoms with van der Waals surface area (Å²) in [6.45, 7) is 1.89. The first kappa shape index (κ1) is 15.0. The fraction of sp³-hybridized carbons (Fsp3) is 0.118. The van der Waals surface area contributed by atoms with E-state index >= 15 is 0 Å². The van der Waals surface area contributed by atoms with E-state index in [1.54, 1.807) is 37.8 Å². The van der Waals surface area contributed by atoms with Gasteiger partial charge in [0.15, 0.2) is 0 Å². The highest BCUT2D eigenvalue weighted by atomic mass is 16.4. The summed E-state index contributed by atoms with van der Waals surface area (Å²) < 4.78 is 5.23. The van der Waals surface area contributed by atoms with Gasteiger partial charge in [0.1, 0.15) is 0 Å². The van der Waals surface area contributed by atoms with Gasteiger partial charge < -0.3 is 14.7 Å². The number of nitrogens with one attached hydrogen (secondary N) is 2. The largest absolute Gasteiger partial charge is 0.424 e. The van der Waals surface area contributed by atoms with Gasteiger partial charge in [0.25, 0.3) is 5.91 Å². The second-order valence-electron chi connectivity index (χ2n) is 5.46. The lowest BCUT2D eigenvalue weighted by Crippen LogP contribution is -2.22. The third-order valence-corrected chi connectivity index (χ3v) is 3.76. The second kappa shape index (κ2) is 6.16. The molecule has 0 unspecified atom stereocenters. The summed E-state index contributed by atoms with van der Waals surface area (Å²) in [5.41, 5.74) is 4.11. The monoisotopic (exact) mass is 334 g/mol. The summed E-state index contributed by atoms with van der Waals surface area (Å²) in [6.07, 6.45) is 5.12. The van der Waals surface area contributed by atoms with Gasteiger partial charge in [-0.15, -0.1) is 10.2 Å². The summed E-state index contributed by atoms with van der Waals surface area (Å²) in [4.78, 5) is 23.8. The molecule has 2 N–H and O–H groups in total. The van der Waals surface area contributed by atoms with Crippen LogP contribution in [0.2, 0.25) is 0 Å². The van der Waals surface area contributed by atoms with E-state index in [-0.39, 0.29) is 12.5 Å². The van der Waals surface area contributed by atoms with E-state index in [9.17, 15) is 4.79 Å². The number of aromatic nitrogens is 5. The Balaban J connectivity index is 1.51. The highest BCUT2D eigenvalue weighted by Crippen LogP contribution is 2.25. The molecule has 0 aliphatic carbocycles. The van der Waals surface area contributed by atoms with E-state index in [1.165, 1.54) is 0 Å². The van der Waals surface area contributed by atoms with Crippen LogP contribution in [0.15, 0.2) is 47.4 Å². The zero-order valence-electron chi connectivity index (χ0n) is 13.4. The average molecular weight is 334 g/mol. The molecule has 4 rings (SSSR count). The highest BCUT2D eigenvalue weighted by Gasteiger charge is 2.10. The molecule has 8 nitrogen and oxygen atoms in total. The minimum atomic E-state index is -0.210. The van der Waals surface area contributed by atoms with Crippen LogP contribution in [0.5, 0.6) is 0 Å². The number of hydrogen-bond acceptors (Lipinski definition) is 6. The predicted molar refractivity (Wildman–Crippen MR) is 89.5 cm³/mol. The Hall–Kier alpha value is -3.55. The standard InChI is InChI=1S/C17H14N6O2/c1-10-22-23-15(25-10)8-19-17(24)12-4-2-11(3-5-12)13-6-18-7-14-16(13)21-9-20-14/h2-7,9H,8H2,1H3,(H,19,24)(H,20,21). The Kier molecular flexibility index (Phi) is 3.70. The van der Waals surface area contributed by atoms with Crippen LogP contribution in [0.1, 0.15) is 22.1 Å². The van der Waals surface area contributed by atoms with E-state index in [0.717, 1.165) is 22.2 Å². The van der Waals surface area contributed by atoms with Crippen LogP contribution in [-0.4, -0.2) is 31.1 Å². The van der Waals surface area contributed by atoms with Crippen LogP contribution in [-0.2, 0) is 6.54 Å². The predicted octanol–water partition coefficient (Wildman–Crippen LogP) is 2.25. The molecule has 0 saturated heterocycles. The smallest absolute Gasteiger partial charge is 0.251 e. The van der Waals surface area contributed by atoms with Gasteiger partial charge >= 0.3 is 0 Å². The molecular weight excluding hydrogens is 320 g/mol. The molecular formula is C17H14N6O2. The number of aryl methyl sites for hydroxylation is 1. The summed E-state index contributed by atoms with van der Waals surface area (Å²) in [5.74, 6) is 0.631. The number of carbonyl (C=O) groups excluding carboxylic acids is 1. The fourth-order valence-electron chi connectivity index (χ4n) is 2.54. The van der Waals surface area contributed by atoms with E-state index in [1.807, 2.05) is 12.1 Å². The van der Waals surface area contributed by atoms with Crippen LogP contribution in [0.3, 0.4) is 0 Å². The van der Waals surface area contributed by atoms with Crippen molar-refractivity contribution in [1.82, 2.24) is 30.5 Å². The van der Waals surface area contributed by atoms with Gasteiger partial charge in [0, 0.05) is 24.2 Å². The first-order valence-electron chi connectivity index (χ1n) is 7.65. The van der Waals surface area contributed by atoms with Crippen LogP contribution in [0, 0.1) is 6.92 Å². The third-order valence-electron chi connectivity index (χ3n) is 3.76. The summed E-state index contributed by atoms with van der Waals surface area (Å²) in [6, 6.07) is 7.26. The molecule has 1 aromatic carbocycles. The van der Waals surface area contributed by atoms with Crippen molar-refractivity contribution in [3.63, 3.8) is 0 Å². The van der Waals surface area contributed by atoms with Crippen molar-refractivity contribution in [2.75, 3.05) is 0 Å². The molecule has 124 valence electrons. The molecule has 0 radical (unpaired) electrons. The number of rotatable bonds is 4. The lowest BCUT2D eigenvalue weighted by atomic mass is 10.0. The molecule has 0 bridgehead atoms. The molecule has 4 aromatic rings.